The van der Waals surface area contributed by atoms with Gasteiger partial charge in [-0.3, -0.25) is 9.59 Å². The summed E-state index contributed by atoms with van der Waals surface area (Å²) in [6, 6.07) is 18.0. The Kier molecular flexibility index (Phi) is 7.48. The van der Waals surface area contributed by atoms with Crippen LogP contribution in [0.4, 0.5) is 10.5 Å². The Labute approximate surface area is 217 Å². The van der Waals surface area contributed by atoms with Gasteiger partial charge in [-0.15, -0.1) is 0 Å². The van der Waals surface area contributed by atoms with Gasteiger partial charge in [0.15, 0.2) is 0 Å². The van der Waals surface area contributed by atoms with E-state index in [1.165, 1.54) is 7.11 Å². The summed E-state index contributed by atoms with van der Waals surface area (Å²) in [6.07, 6.45) is 1.68. The number of hydrogen-bond acceptors (Lipinski definition) is 5. The number of rotatable bonds is 6. The van der Waals surface area contributed by atoms with Crippen molar-refractivity contribution in [1.82, 2.24) is 0 Å². The van der Waals surface area contributed by atoms with Crippen LogP contribution in [0.25, 0.3) is 6.08 Å². The molecule has 2 amide bonds. The summed E-state index contributed by atoms with van der Waals surface area (Å²) in [7, 11) is 1.50. The van der Waals surface area contributed by atoms with Crippen molar-refractivity contribution >= 4 is 78.1 Å². The number of para-hydroxylation sites is 2. The molecule has 0 unspecified atom stereocenters. The maximum absolute atomic E-state index is 13.0. The highest BCUT2D eigenvalue weighted by atomic mass is 79.9. The van der Waals surface area contributed by atoms with E-state index in [0.29, 0.717) is 42.7 Å². The fourth-order valence-electron chi connectivity index (χ4n) is 3.18. The number of nitrogens with zero attached hydrogens (tertiary/aromatic N) is 1. The summed E-state index contributed by atoms with van der Waals surface area (Å²) in [4.78, 5) is 27.1. The molecule has 3 aromatic rings. The first-order valence-corrected chi connectivity index (χ1v) is 12.4. The minimum absolute atomic E-state index is 0.319. The van der Waals surface area contributed by atoms with Crippen LogP contribution in [0.15, 0.2) is 74.5 Å². The summed E-state index contributed by atoms with van der Waals surface area (Å²) in [5, 5.41) is 0.289. The van der Waals surface area contributed by atoms with Crippen LogP contribution in [0.2, 0.25) is 5.02 Å². The highest BCUT2D eigenvalue weighted by Crippen LogP contribution is 2.41. The van der Waals surface area contributed by atoms with E-state index < -0.39 is 5.91 Å². The van der Waals surface area contributed by atoms with Gasteiger partial charge in [-0.1, -0.05) is 35.9 Å². The van der Waals surface area contributed by atoms with E-state index >= 15 is 0 Å². The van der Waals surface area contributed by atoms with Crippen molar-refractivity contribution in [3.8, 4) is 11.5 Å². The Morgan fingerprint density at radius 3 is 2.36 bits per heavy atom. The topological polar surface area (TPSA) is 55.8 Å². The molecule has 0 N–H and O–H groups in total. The molecule has 1 aliphatic heterocycles. The van der Waals surface area contributed by atoms with Gasteiger partial charge < -0.3 is 9.47 Å². The van der Waals surface area contributed by atoms with Crippen LogP contribution in [0.3, 0.4) is 0 Å². The molecule has 33 heavy (non-hydrogen) atoms. The third kappa shape index (κ3) is 5.30. The standard InChI is InChI=1S/C24H16Br2ClNO4S/c1-31-20-5-3-2-4-19(20)28-23(29)21(33-24(28)30)12-15-10-17(25)22(18(26)11-15)32-13-14-6-8-16(27)9-7-14/h2-12H,13H2,1H3/b21-12-. The largest absolute Gasteiger partial charge is 0.495 e. The molecule has 0 saturated carbocycles. The van der Waals surface area contributed by atoms with Crippen LogP contribution >= 0.6 is 55.2 Å². The Morgan fingerprint density at radius 1 is 1.03 bits per heavy atom. The zero-order valence-electron chi connectivity index (χ0n) is 17.2. The number of hydrogen-bond donors (Lipinski definition) is 0. The molecule has 0 spiro atoms. The van der Waals surface area contributed by atoms with Gasteiger partial charge in [0.2, 0.25) is 0 Å². The first-order valence-electron chi connectivity index (χ1n) is 9.64. The number of carbonyl (C=O) groups excluding carboxylic acids is 2. The van der Waals surface area contributed by atoms with Gasteiger partial charge >= 0.3 is 0 Å². The Morgan fingerprint density at radius 2 is 1.70 bits per heavy atom. The van der Waals surface area contributed by atoms with Gasteiger partial charge in [0, 0.05) is 5.02 Å². The van der Waals surface area contributed by atoms with Crippen LogP contribution in [0.1, 0.15) is 11.1 Å². The van der Waals surface area contributed by atoms with Gasteiger partial charge in [0.05, 0.1) is 26.6 Å². The predicted molar refractivity (Wildman–Crippen MR) is 139 cm³/mol. The van der Waals surface area contributed by atoms with Crippen LogP contribution in [0.5, 0.6) is 11.5 Å². The van der Waals surface area contributed by atoms with Crippen LogP contribution < -0.4 is 14.4 Å². The van der Waals surface area contributed by atoms with Gasteiger partial charge in [0.1, 0.15) is 18.1 Å². The number of amides is 2. The lowest BCUT2D eigenvalue weighted by molar-refractivity contribution is -0.113. The van der Waals surface area contributed by atoms with Crippen molar-refractivity contribution in [2.45, 2.75) is 6.61 Å². The van der Waals surface area contributed by atoms with Crippen molar-refractivity contribution in [3.63, 3.8) is 0 Å². The van der Waals surface area contributed by atoms with Crippen molar-refractivity contribution in [1.29, 1.82) is 0 Å². The maximum atomic E-state index is 13.0. The first-order chi connectivity index (χ1) is 15.9. The van der Waals surface area contributed by atoms with E-state index in [2.05, 4.69) is 31.9 Å². The fourth-order valence-corrected chi connectivity index (χ4v) is 5.59. The molecule has 0 bridgehead atoms. The highest BCUT2D eigenvalue weighted by Gasteiger charge is 2.37. The fraction of sp³-hybridized carbons (Fsp3) is 0.0833. The summed E-state index contributed by atoms with van der Waals surface area (Å²) < 4.78 is 12.7. The molecule has 0 aromatic heterocycles. The minimum atomic E-state index is -0.398. The summed E-state index contributed by atoms with van der Waals surface area (Å²) in [5.74, 6) is 0.683. The molecular formula is C24H16Br2ClNO4S. The zero-order chi connectivity index (χ0) is 23.5. The van der Waals surface area contributed by atoms with E-state index in [1.54, 1.807) is 30.3 Å². The smallest absolute Gasteiger partial charge is 0.298 e. The number of anilines is 1. The molecule has 3 aromatic carbocycles. The van der Waals surface area contributed by atoms with Crippen molar-refractivity contribution in [2.75, 3.05) is 12.0 Å². The molecule has 4 rings (SSSR count). The first kappa shape index (κ1) is 23.9. The molecule has 168 valence electrons. The van der Waals surface area contributed by atoms with E-state index in [4.69, 9.17) is 21.1 Å². The number of benzene rings is 3. The van der Waals surface area contributed by atoms with Crippen molar-refractivity contribution < 1.29 is 19.1 Å². The summed E-state index contributed by atoms with van der Waals surface area (Å²) in [5.41, 5.74) is 2.13. The summed E-state index contributed by atoms with van der Waals surface area (Å²) >= 11 is 13.9. The second-order valence-corrected chi connectivity index (χ2v) is 10.1. The molecule has 1 saturated heterocycles. The van der Waals surface area contributed by atoms with E-state index in [0.717, 1.165) is 27.8 Å². The number of carbonyl (C=O) groups is 2. The van der Waals surface area contributed by atoms with Crippen molar-refractivity contribution in [3.05, 3.63) is 90.7 Å². The van der Waals surface area contributed by atoms with Gasteiger partial charge in [0.25, 0.3) is 11.1 Å². The van der Waals surface area contributed by atoms with Crippen LogP contribution in [-0.2, 0) is 11.4 Å². The Hall–Kier alpha value is -2.26. The molecule has 1 heterocycles. The molecule has 0 aliphatic carbocycles. The van der Waals surface area contributed by atoms with E-state index in [9.17, 15) is 9.59 Å². The molecule has 0 radical (unpaired) electrons. The normalized spacial score (nSPS) is 14.8. The molecular weight excluding hydrogens is 594 g/mol. The lowest BCUT2D eigenvalue weighted by Gasteiger charge is -2.15. The third-order valence-electron chi connectivity index (χ3n) is 4.73. The summed E-state index contributed by atoms with van der Waals surface area (Å²) in [6.45, 7) is 0.367. The third-order valence-corrected chi connectivity index (χ3v) is 7.03. The molecule has 5 nitrogen and oxygen atoms in total. The molecule has 0 atom stereocenters. The average Bonchev–Trinajstić information content (AvgIpc) is 3.07. The Bertz CT molecular complexity index is 1240. The second kappa shape index (κ2) is 10.3. The van der Waals surface area contributed by atoms with Gasteiger partial charge in [-0.05, 0) is 97.2 Å². The van der Waals surface area contributed by atoms with Crippen LogP contribution in [-0.4, -0.2) is 18.3 Å². The number of ether oxygens (including phenoxy) is 2. The predicted octanol–water partition coefficient (Wildman–Crippen LogP) is 7.69. The van der Waals surface area contributed by atoms with Gasteiger partial charge in [-0.2, -0.15) is 0 Å². The second-order valence-electron chi connectivity index (χ2n) is 6.92. The Balaban J connectivity index is 1.56. The zero-order valence-corrected chi connectivity index (χ0v) is 21.9. The molecule has 1 aliphatic rings. The number of imide groups is 1. The monoisotopic (exact) mass is 607 g/mol. The van der Waals surface area contributed by atoms with E-state index in [-0.39, 0.29) is 5.24 Å². The maximum Gasteiger partial charge on any atom is 0.298 e. The average molecular weight is 610 g/mol. The SMILES string of the molecule is COc1ccccc1N1C(=O)S/C(=C\c2cc(Br)c(OCc3ccc(Cl)cc3)c(Br)c2)C1=O. The van der Waals surface area contributed by atoms with Gasteiger partial charge in [-0.25, -0.2) is 4.90 Å². The number of thioether (sulfide) groups is 1. The van der Waals surface area contributed by atoms with Crippen LogP contribution in [0, 0.1) is 0 Å². The lowest BCUT2D eigenvalue weighted by atomic mass is 10.2. The minimum Gasteiger partial charge on any atom is -0.495 e. The quantitative estimate of drug-likeness (QED) is 0.268. The molecule has 9 heteroatoms. The lowest BCUT2D eigenvalue weighted by Crippen LogP contribution is -2.28. The van der Waals surface area contributed by atoms with Crippen molar-refractivity contribution in [2.24, 2.45) is 0 Å². The number of halogens is 3. The number of methoxy groups -OCH3 is 1. The molecule has 1 fully saturated rings. The highest BCUT2D eigenvalue weighted by molar-refractivity contribution is 9.11. The van der Waals surface area contributed by atoms with E-state index in [1.807, 2.05) is 36.4 Å².